The summed E-state index contributed by atoms with van der Waals surface area (Å²) in [7, 11) is -2.29. The van der Waals surface area contributed by atoms with Gasteiger partial charge in [0.05, 0.1) is 22.6 Å². The van der Waals surface area contributed by atoms with Crippen molar-refractivity contribution in [1.29, 1.82) is 0 Å². The predicted molar refractivity (Wildman–Crippen MR) is 77.0 cm³/mol. The largest absolute Gasteiger partial charge is 0.326 e. The quantitative estimate of drug-likeness (QED) is 0.897. The van der Waals surface area contributed by atoms with Crippen molar-refractivity contribution in [3.8, 4) is 0 Å². The Kier molecular flexibility index (Phi) is 3.33. The van der Waals surface area contributed by atoms with E-state index in [2.05, 4.69) is 9.68 Å². The number of amides is 2. The van der Waals surface area contributed by atoms with Gasteiger partial charge in [-0.3, -0.25) is 9.59 Å². The highest BCUT2D eigenvalue weighted by Crippen LogP contribution is 2.24. The molecule has 106 valence electrons. The highest BCUT2D eigenvalue weighted by atomic mass is 32.2. The Hall–Kier alpha value is -1.69. The molecule has 2 heterocycles. The molecule has 20 heavy (non-hydrogen) atoms. The SMILES string of the molecule is O=C(Cc1ccc2c(c1)NC(=O)C2)N=S1(=O)CCCC1. The third kappa shape index (κ3) is 2.75. The fourth-order valence-corrected chi connectivity index (χ4v) is 4.75. The van der Waals surface area contributed by atoms with E-state index in [0.717, 1.165) is 29.7 Å². The zero-order valence-corrected chi connectivity index (χ0v) is 11.9. The van der Waals surface area contributed by atoms with Gasteiger partial charge in [0.2, 0.25) is 5.91 Å². The third-order valence-corrected chi connectivity index (χ3v) is 5.99. The fourth-order valence-electron chi connectivity index (χ4n) is 2.61. The van der Waals surface area contributed by atoms with Crippen LogP contribution in [0.5, 0.6) is 0 Å². The van der Waals surface area contributed by atoms with E-state index >= 15 is 0 Å². The average Bonchev–Trinajstić information content (AvgIpc) is 2.93. The van der Waals surface area contributed by atoms with Crippen LogP contribution in [0.4, 0.5) is 5.69 Å². The molecule has 1 aromatic rings. The van der Waals surface area contributed by atoms with E-state index in [9.17, 15) is 13.8 Å². The van der Waals surface area contributed by atoms with Crippen molar-refractivity contribution in [3.05, 3.63) is 29.3 Å². The number of hydrogen-bond acceptors (Lipinski definition) is 3. The Labute approximate surface area is 117 Å². The van der Waals surface area contributed by atoms with Gasteiger partial charge in [0.15, 0.2) is 0 Å². The van der Waals surface area contributed by atoms with Gasteiger partial charge in [0.25, 0.3) is 5.91 Å². The molecule has 0 aromatic heterocycles. The minimum atomic E-state index is -2.29. The van der Waals surface area contributed by atoms with Crippen molar-refractivity contribution in [2.45, 2.75) is 25.7 Å². The lowest BCUT2D eigenvalue weighted by Gasteiger charge is -2.03. The zero-order valence-electron chi connectivity index (χ0n) is 11.1. The van der Waals surface area contributed by atoms with E-state index in [0.29, 0.717) is 17.9 Å². The van der Waals surface area contributed by atoms with Gasteiger partial charge in [0, 0.05) is 17.2 Å². The molecule has 5 nitrogen and oxygen atoms in total. The van der Waals surface area contributed by atoms with Gasteiger partial charge in [-0.25, -0.2) is 4.21 Å². The topological polar surface area (TPSA) is 75.6 Å². The van der Waals surface area contributed by atoms with Crippen molar-refractivity contribution in [1.82, 2.24) is 0 Å². The molecule has 0 spiro atoms. The smallest absolute Gasteiger partial charge is 0.258 e. The number of carbonyl (C=O) groups is 2. The van der Waals surface area contributed by atoms with Crippen LogP contribution < -0.4 is 5.32 Å². The molecule has 3 rings (SSSR count). The molecule has 1 aromatic carbocycles. The molecule has 2 aliphatic heterocycles. The lowest BCUT2D eigenvalue weighted by atomic mass is 10.1. The predicted octanol–water partition coefficient (Wildman–Crippen LogP) is 1.51. The van der Waals surface area contributed by atoms with Crippen LogP contribution in [0, 0.1) is 0 Å². The Morgan fingerprint density at radius 2 is 2.05 bits per heavy atom. The van der Waals surface area contributed by atoms with Gasteiger partial charge < -0.3 is 5.32 Å². The maximum Gasteiger partial charge on any atom is 0.258 e. The molecule has 0 aliphatic carbocycles. The normalized spacial score (nSPS) is 19.5. The van der Waals surface area contributed by atoms with Crippen LogP contribution in [-0.2, 0) is 32.2 Å². The summed E-state index contributed by atoms with van der Waals surface area (Å²) in [6.45, 7) is 0. The Balaban J connectivity index is 1.76. The number of rotatable bonds is 2. The molecular formula is C14H16N2O3S. The lowest BCUT2D eigenvalue weighted by Crippen LogP contribution is -2.08. The summed E-state index contributed by atoms with van der Waals surface area (Å²) in [6.07, 6.45) is 2.31. The van der Waals surface area contributed by atoms with Crippen LogP contribution in [-0.4, -0.2) is 27.5 Å². The van der Waals surface area contributed by atoms with Gasteiger partial charge in [-0.1, -0.05) is 12.1 Å². The first-order valence-corrected chi connectivity index (χ1v) is 8.56. The molecule has 1 N–H and O–H groups in total. The van der Waals surface area contributed by atoms with Crippen molar-refractivity contribution < 1.29 is 13.8 Å². The van der Waals surface area contributed by atoms with E-state index < -0.39 is 9.73 Å². The second-order valence-electron chi connectivity index (χ2n) is 5.27. The first-order valence-electron chi connectivity index (χ1n) is 6.71. The summed E-state index contributed by atoms with van der Waals surface area (Å²) >= 11 is 0. The lowest BCUT2D eigenvalue weighted by molar-refractivity contribution is -0.117. The zero-order chi connectivity index (χ0) is 14.2. The van der Waals surface area contributed by atoms with Gasteiger partial charge in [-0.05, 0) is 30.0 Å². The van der Waals surface area contributed by atoms with Gasteiger partial charge >= 0.3 is 0 Å². The summed E-state index contributed by atoms with van der Waals surface area (Å²) < 4.78 is 16.1. The Bertz CT molecular complexity index is 690. The number of carbonyl (C=O) groups excluding carboxylic acids is 2. The van der Waals surface area contributed by atoms with Crippen LogP contribution in [0.2, 0.25) is 0 Å². The van der Waals surface area contributed by atoms with Crippen LogP contribution in [0.1, 0.15) is 24.0 Å². The van der Waals surface area contributed by atoms with Crippen LogP contribution in [0.25, 0.3) is 0 Å². The van der Waals surface area contributed by atoms with Crippen LogP contribution in [0.3, 0.4) is 0 Å². The number of anilines is 1. The molecule has 1 saturated heterocycles. The highest BCUT2D eigenvalue weighted by Gasteiger charge is 2.20. The van der Waals surface area contributed by atoms with E-state index in [1.54, 1.807) is 6.07 Å². The average molecular weight is 292 g/mol. The van der Waals surface area contributed by atoms with Crippen LogP contribution in [0.15, 0.2) is 22.6 Å². The Morgan fingerprint density at radius 3 is 2.80 bits per heavy atom. The fraction of sp³-hybridized carbons (Fsp3) is 0.429. The Morgan fingerprint density at radius 1 is 1.30 bits per heavy atom. The maximum atomic E-state index is 12.2. The number of benzene rings is 1. The van der Waals surface area contributed by atoms with E-state index in [1.807, 2.05) is 12.1 Å². The second kappa shape index (κ2) is 5.01. The molecule has 0 saturated carbocycles. The summed E-state index contributed by atoms with van der Waals surface area (Å²) in [4.78, 5) is 23.2. The van der Waals surface area contributed by atoms with Crippen LogP contribution >= 0.6 is 0 Å². The summed E-state index contributed by atoms with van der Waals surface area (Å²) in [5.74, 6) is 0.723. The molecule has 0 unspecified atom stereocenters. The van der Waals surface area contributed by atoms with E-state index in [4.69, 9.17) is 0 Å². The molecule has 1 fully saturated rings. The van der Waals surface area contributed by atoms with Crippen molar-refractivity contribution in [2.24, 2.45) is 4.36 Å². The van der Waals surface area contributed by atoms with Gasteiger partial charge in [-0.15, -0.1) is 0 Å². The standard InChI is InChI=1S/C14H16N2O3S/c17-13-9-11-4-3-10(7-12(11)15-13)8-14(18)16-20(19)5-1-2-6-20/h3-4,7H,1-2,5-6,8-9H2,(H,15,17). The number of fused-ring (bicyclic) bond motifs is 1. The number of nitrogens with zero attached hydrogens (tertiary/aromatic N) is 1. The second-order valence-corrected chi connectivity index (χ2v) is 7.81. The minimum absolute atomic E-state index is 0.0259. The first-order chi connectivity index (χ1) is 9.54. The summed E-state index contributed by atoms with van der Waals surface area (Å²) in [6, 6.07) is 5.48. The number of nitrogens with one attached hydrogen (secondary N) is 1. The first kappa shape index (κ1) is 13.3. The van der Waals surface area contributed by atoms with Crippen molar-refractivity contribution in [3.63, 3.8) is 0 Å². The monoisotopic (exact) mass is 292 g/mol. The maximum absolute atomic E-state index is 12.2. The summed E-state index contributed by atoms with van der Waals surface area (Å²) in [5, 5.41) is 2.75. The minimum Gasteiger partial charge on any atom is -0.326 e. The van der Waals surface area contributed by atoms with Crippen molar-refractivity contribution in [2.75, 3.05) is 16.8 Å². The van der Waals surface area contributed by atoms with E-state index in [1.165, 1.54) is 0 Å². The summed E-state index contributed by atoms with van der Waals surface area (Å²) in [5.41, 5.74) is 2.51. The van der Waals surface area contributed by atoms with Crippen molar-refractivity contribution >= 4 is 27.2 Å². The molecule has 6 heteroatoms. The molecule has 0 atom stereocenters. The number of hydrogen-bond donors (Lipinski definition) is 1. The molecular weight excluding hydrogens is 276 g/mol. The molecule has 0 radical (unpaired) electrons. The molecule has 2 amide bonds. The van der Waals surface area contributed by atoms with Gasteiger partial charge in [0.1, 0.15) is 0 Å². The molecule has 0 bridgehead atoms. The molecule has 2 aliphatic rings. The highest BCUT2D eigenvalue weighted by molar-refractivity contribution is 7.94. The van der Waals surface area contributed by atoms with Gasteiger partial charge in [-0.2, -0.15) is 4.36 Å². The third-order valence-electron chi connectivity index (χ3n) is 3.60. The van der Waals surface area contributed by atoms with E-state index in [-0.39, 0.29) is 18.2 Å².